The van der Waals surface area contributed by atoms with E-state index >= 15 is 0 Å². The number of nitrogens with one attached hydrogen (secondary N) is 2. The van der Waals surface area contributed by atoms with Crippen molar-refractivity contribution in [3.8, 4) is 0 Å². The van der Waals surface area contributed by atoms with Crippen molar-refractivity contribution in [1.82, 2.24) is 15.5 Å². The van der Waals surface area contributed by atoms with E-state index in [-0.39, 0.29) is 5.54 Å². The fourth-order valence-electron chi connectivity index (χ4n) is 2.60. The molecule has 1 rings (SSSR count). The Balaban J connectivity index is 2.49. The Labute approximate surface area is 125 Å². The lowest BCUT2D eigenvalue weighted by molar-refractivity contribution is 0.102. The molecule has 1 heterocycles. The Hall–Kier alpha value is -0.770. The molecule has 2 N–H and O–H groups in total. The smallest absolute Gasteiger partial charge is 0.191 e. The molecule has 0 unspecified atom stereocenters. The summed E-state index contributed by atoms with van der Waals surface area (Å²) in [5.41, 5.74) is 0.160. The maximum Gasteiger partial charge on any atom is 0.191 e. The number of nitrogens with zero attached hydrogens (tertiary/aromatic N) is 2. The van der Waals surface area contributed by atoms with Gasteiger partial charge in [-0.25, -0.2) is 0 Å². The van der Waals surface area contributed by atoms with Crippen molar-refractivity contribution >= 4 is 5.96 Å². The first-order chi connectivity index (χ1) is 9.60. The molecule has 0 amide bonds. The van der Waals surface area contributed by atoms with E-state index in [1.54, 1.807) is 0 Å². The molecule has 0 spiro atoms. The molecule has 1 aliphatic heterocycles. The molecule has 0 radical (unpaired) electrons. The van der Waals surface area contributed by atoms with Gasteiger partial charge < -0.3 is 10.6 Å². The summed E-state index contributed by atoms with van der Waals surface area (Å²) in [6.45, 7) is 14.2. The van der Waals surface area contributed by atoms with Crippen molar-refractivity contribution in [2.24, 2.45) is 4.99 Å². The molecule has 0 aromatic carbocycles. The number of rotatable bonds is 7. The summed E-state index contributed by atoms with van der Waals surface area (Å²) in [6.07, 6.45) is 6.46. The highest BCUT2D eigenvalue weighted by atomic mass is 15.2. The number of likely N-dealkylation sites (tertiary alicyclic amines) is 1. The van der Waals surface area contributed by atoms with E-state index in [9.17, 15) is 0 Å². The zero-order valence-corrected chi connectivity index (χ0v) is 14.0. The molecule has 0 atom stereocenters. The van der Waals surface area contributed by atoms with Gasteiger partial charge in [-0.1, -0.05) is 19.8 Å². The van der Waals surface area contributed by atoms with Gasteiger partial charge in [-0.2, -0.15) is 0 Å². The van der Waals surface area contributed by atoms with Gasteiger partial charge >= 0.3 is 0 Å². The summed E-state index contributed by atoms with van der Waals surface area (Å²) in [5.74, 6) is 0.964. The summed E-state index contributed by atoms with van der Waals surface area (Å²) < 4.78 is 0. The monoisotopic (exact) mass is 282 g/mol. The molecule has 4 nitrogen and oxygen atoms in total. The quantitative estimate of drug-likeness (QED) is 0.428. The Morgan fingerprint density at radius 3 is 2.40 bits per heavy atom. The van der Waals surface area contributed by atoms with E-state index in [2.05, 4.69) is 43.2 Å². The van der Waals surface area contributed by atoms with E-state index < -0.39 is 0 Å². The standard InChI is InChI=1S/C16H34N4/c1-5-7-11-18-15(17-6-2)19-14-16(3,4)20-12-9-8-10-13-20/h5-14H2,1-4H3,(H2,17,18,19). The predicted molar refractivity (Wildman–Crippen MR) is 88.4 cm³/mol. The molecule has 0 aromatic rings. The molecule has 1 aliphatic rings. The Kier molecular flexibility index (Phi) is 7.97. The SMILES string of the molecule is CCCCNC(=NCC(C)(C)N1CCCCC1)NCC. The minimum atomic E-state index is 0.160. The minimum Gasteiger partial charge on any atom is -0.357 e. The van der Waals surface area contributed by atoms with Crippen molar-refractivity contribution in [2.75, 3.05) is 32.7 Å². The average Bonchev–Trinajstić information content (AvgIpc) is 2.46. The fourth-order valence-corrected chi connectivity index (χ4v) is 2.60. The van der Waals surface area contributed by atoms with Crippen molar-refractivity contribution < 1.29 is 0 Å². The van der Waals surface area contributed by atoms with E-state index in [4.69, 9.17) is 4.99 Å². The fraction of sp³-hybridized carbons (Fsp3) is 0.938. The van der Waals surface area contributed by atoms with Gasteiger partial charge in [0.05, 0.1) is 6.54 Å². The molecule has 118 valence electrons. The molecule has 1 saturated heterocycles. The van der Waals surface area contributed by atoms with Gasteiger partial charge in [0.2, 0.25) is 0 Å². The second-order valence-corrected chi connectivity index (χ2v) is 6.34. The first kappa shape index (κ1) is 17.3. The Bertz CT molecular complexity index is 280. The molecular formula is C16H34N4. The number of piperidine rings is 1. The summed E-state index contributed by atoms with van der Waals surface area (Å²) in [5, 5.41) is 6.75. The van der Waals surface area contributed by atoms with E-state index in [1.807, 2.05) is 0 Å². The van der Waals surface area contributed by atoms with E-state index in [0.717, 1.165) is 25.6 Å². The zero-order valence-electron chi connectivity index (χ0n) is 14.0. The van der Waals surface area contributed by atoms with Crippen LogP contribution >= 0.6 is 0 Å². The molecular weight excluding hydrogens is 248 g/mol. The lowest BCUT2D eigenvalue weighted by Crippen LogP contribution is -2.49. The van der Waals surface area contributed by atoms with Gasteiger partial charge in [-0.05, 0) is 53.1 Å². The van der Waals surface area contributed by atoms with Crippen LogP contribution in [0.4, 0.5) is 0 Å². The van der Waals surface area contributed by atoms with Crippen LogP contribution in [0, 0.1) is 0 Å². The highest BCUT2D eigenvalue weighted by Crippen LogP contribution is 2.20. The van der Waals surface area contributed by atoms with Crippen LogP contribution in [-0.2, 0) is 0 Å². The second-order valence-electron chi connectivity index (χ2n) is 6.34. The van der Waals surface area contributed by atoms with Crippen LogP contribution < -0.4 is 10.6 Å². The summed E-state index contributed by atoms with van der Waals surface area (Å²) in [6, 6.07) is 0. The summed E-state index contributed by atoms with van der Waals surface area (Å²) in [4.78, 5) is 7.38. The third-order valence-corrected chi connectivity index (χ3v) is 4.00. The Morgan fingerprint density at radius 2 is 1.80 bits per heavy atom. The lowest BCUT2D eigenvalue weighted by atomic mass is 9.99. The van der Waals surface area contributed by atoms with Gasteiger partial charge in [-0.15, -0.1) is 0 Å². The van der Waals surface area contributed by atoms with Crippen LogP contribution in [0.2, 0.25) is 0 Å². The van der Waals surface area contributed by atoms with Crippen LogP contribution in [0.5, 0.6) is 0 Å². The van der Waals surface area contributed by atoms with Gasteiger partial charge in [0.25, 0.3) is 0 Å². The van der Waals surface area contributed by atoms with E-state index in [1.165, 1.54) is 45.2 Å². The molecule has 1 fully saturated rings. The van der Waals surface area contributed by atoms with Crippen molar-refractivity contribution in [1.29, 1.82) is 0 Å². The molecule has 4 heteroatoms. The topological polar surface area (TPSA) is 39.7 Å². The molecule has 0 aliphatic carbocycles. The first-order valence-corrected chi connectivity index (χ1v) is 8.37. The zero-order chi connectivity index (χ0) is 14.8. The molecule has 20 heavy (non-hydrogen) atoms. The summed E-state index contributed by atoms with van der Waals surface area (Å²) in [7, 11) is 0. The number of hydrogen-bond donors (Lipinski definition) is 2. The van der Waals surface area contributed by atoms with Crippen LogP contribution in [0.1, 0.15) is 59.8 Å². The Morgan fingerprint density at radius 1 is 1.10 bits per heavy atom. The largest absolute Gasteiger partial charge is 0.357 e. The predicted octanol–water partition coefficient (Wildman–Crippen LogP) is 2.61. The van der Waals surface area contributed by atoms with Crippen molar-refractivity contribution in [3.63, 3.8) is 0 Å². The lowest BCUT2D eigenvalue weighted by Gasteiger charge is -2.40. The third kappa shape index (κ3) is 6.12. The maximum absolute atomic E-state index is 4.78. The maximum atomic E-state index is 4.78. The van der Waals surface area contributed by atoms with Gasteiger partial charge in [0, 0.05) is 18.6 Å². The second kappa shape index (κ2) is 9.22. The van der Waals surface area contributed by atoms with E-state index in [0.29, 0.717) is 0 Å². The third-order valence-electron chi connectivity index (χ3n) is 4.00. The van der Waals surface area contributed by atoms with Gasteiger partial charge in [-0.3, -0.25) is 9.89 Å². The normalized spacial score (nSPS) is 18.1. The number of guanidine groups is 1. The number of hydrogen-bond acceptors (Lipinski definition) is 2. The highest BCUT2D eigenvalue weighted by molar-refractivity contribution is 5.79. The number of unbranched alkanes of at least 4 members (excludes halogenated alkanes) is 1. The van der Waals surface area contributed by atoms with Crippen molar-refractivity contribution in [3.05, 3.63) is 0 Å². The molecule has 0 bridgehead atoms. The van der Waals surface area contributed by atoms with Gasteiger partial charge in [0.1, 0.15) is 0 Å². The van der Waals surface area contributed by atoms with Crippen molar-refractivity contribution in [2.45, 2.75) is 65.3 Å². The first-order valence-electron chi connectivity index (χ1n) is 8.37. The van der Waals surface area contributed by atoms with Gasteiger partial charge in [0.15, 0.2) is 5.96 Å². The van der Waals surface area contributed by atoms with Crippen LogP contribution in [0.3, 0.4) is 0 Å². The number of aliphatic imine (C=N–C) groups is 1. The van der Waals surface area contributed by atoms with Crippen LogP contribution in [0.15, 0.2) is 4.99 Å². The summed E-state index contributed by atoms with van der Waals surface area (Å²) >= 11 is 0. The molecule has 0 aromatic heterocycles. The minimum absolute atomic E-state index is 0.160. The van der Waals surface area contributed by atoms with Crippen LogP contribution in [0.25, 0.3) is 0 Å². The highest BCUT2D eigenvalue weighted by Gasteiger charge is 2.27. The molecule has 0 saturated carbocycles. The average molecular weight is 282 g/mol. The van der Waals surface area contributed by atoms with Crippen LogP contribution in [-0.4, -0.2) is 49.1 Å².